The van der Waals surface area contributed by atoms with Crippen molar-refractivity contribution >= 4 is 67.3 Å². The minimum atomic E-state index is -0.498. The molecule has 2 aliphatic rings. The van der Waals surface area contributed by atoms with Crippen molar-refractivity contribution in [2.24, 2.45) is 10.1 Å². The van der Waals surface area contributed by atoms with E-state index in [-0.39, 0.29) is 18.0 Å². The van der Waals surface area contributed by atoms with E-state index < -0.39 is 5.91 Å². The predicted octanol–water partition coefficient (Wildman–Crippen LogP) is 5.99. The van der Waals surface area contributed by atoms with Gasteiger partial charge < -0.3 is 14.2 Å². The lowest BCUT2D eigenvalue weighted by Gasteiger charge is -2.20. The number of carbonyl (C=O) groups excluding carboxylic acids is 1. The van der Waals surface area contributed by atoms with Crippen LogP contribution in [0.4, 0.5) is 0 Å². The molecule has 1 N–H and O–H groups in total. The van der Waals surface area contributed by atoms with Gasteiger partial charge in [-0.3, -0.25) is 10.2 Å². The summed E-state index contributed by atoms with van der Waals surface area (Å²) in [6, 6.07) is 10.8. The number of hydrogen-bond donors (Lipinski definition) is 1. The molecular weight excluding hydrogens is 556 g/mol. The first kappa shape index (κ1) is 25.3. The summed E-state index contributed by atoms with van der Waals surface area (Å²) in [4.78, 5) is 16.7. The molecule has 0 fully saturated rings. The standard InChI is InChI=1S/C24H22BrClN4O4S/c1-3-4-20-29-30-22(27)17(23(31)28-24(30)35-20)11-14-12-18(26)21(19(13-14)32-2)34-10-9-33-16-7-5-15(25)6-8-16/h5-8,11-13,27H,3-4,9-10H2,1-2H3. The SMILES string of the molecule is CCCC1=NN2C(=N)C(=Cc3cc(Cl)c(OCCOc4ccc(Br)cc4)c(OC)c3)C(=O)N=C2S1. The molecule has 2 aromatic rings. The summed E-state index contributed by atoms with van der Waals surface area (Å²) in [5.74, 6) is 0.962. The van der Waals surface area contributed by atoms with Gasteiger partial charge in [0.05, 0.1) is 17.7 Å². The third kappa shape index (κ3) is 5.88. The molecular formula is C24H22BrClN4O4S. The summed E-state index contributed by atoms with van der Waals surface area (Å²) < 4.78 is 17.9. The summed E-state index contributed by atoms with van der Waals surface area (Å²) in [5.41, 5.74) is 0.687. The fourth-order valence-corrected chi connectivity index (χ4v) is 4.84. The molecule has 1 amide bonds. The molecule has 0 aromatic heterocycles. The Bertz CT molecular complexity index is 1250. The Morgan fingerprint density at radius 1 is 1.20 bits per heavy atom. The molecule has 0 atom stereocenters. The van der Waals surface area contributed by atoms with Crippen LogP contribution in [0.2, 0.25) is 5.02 Å². The number of carbonyl (C=O) groups is 1. The van der Waals surface area contributed by atoms with Crippen LogP contribution in [0.1, 0.15) is 25.3 Å². The maximum atomic E-state index is 12.6. The number of rotatable bonds is 9. The maximum Gasteiger partial charge on any atom is 0.283 e. The molecule has 2 aromatic carbocycles. The van der Waals surface area contributed by atoms with Gasteiger partial charge in [-0.1, -0.05) is 34.5 Å². The fourth-order valence-electron chi connectivity index (χ4n) is 3.31. The summed E-state index contributed by atoms with van der Waals surface area (Å²) in [6.45, 7) is 2.61. The van der Waals surface area contributed by atoms with E-state index in [1.165, 1.54) is 23.9 Å². The molecule has 0 saturated carbocycles. The van der Waals surface area contributed by atoms with E-state index in [2.05, 4.69) is 26.0 Å². The molecule has 11 heteroatoms. The Labute approximate surface area is 220 Å². The number of nitrogens with one attached hydrogen (secondary N) is 1. The first-order chi connectivity index (χ1) is 16.9. The Kier molecular flexibility index (Phi) is 8.15. The number of aliphatic imine (C=N–C) groups is 1. The zero-order valence-corrected chi connectivity index (χ0v) is 22.2. The van der Waals surface area contributed by atoms with E-state index in [0.29, 0.717) is 33.9 Å². The van der Waals surface area contributed by atoms with Gasteiger partial charge in [0, 0.05) is 4.47 Å². The summed E-state index contributed by atoms with van der Waals surface area (Å²) in [6.07, 6.45) is 3.24. The van der Waals surface area contributed by atoms with Crippen LogP contribution < -0.4 is 14.2 Å². The number of amides is 1. The molecule has 0 spiro atoms. The van der Waals surface area contributed by atoms with E-state index in [1.807, 2.05) is 31.2 Å². The van der Waals surface area contributed by atoms with Crippen molar-refractivity contribution in [2.45, 2.75) is 19.8 Å². The third-order valence-corrected chi connectivity index (χ3v) is 6.71. The molecule has 4 rings (SSSR count). The van der Waals surface area contributed by atoms with E-state index in [0.717, 1.165) is 28.1 Å². The second-order valence-corrected chi connectivity index (χ2v) is 9.81. The van der Waals surface area contributed by atoms with E-state index in [9.17, 15) is 4.79 Å². The molecule has 0 aliphatic carbocycles. The molecule has 0 radical (unpaired) electrons. The number of benzene rings is 2. The normalized spacial score (nSPS) is 16.2. The number of nitrogens with zero attached hydrogens (tertiary/aromatic N) is 3. The third-order valence-electron chi connectivity index (χ3n) is 4.94. The van der Waals surface area contributed by atoms with Gasteiger partial charge >= 0.3 is 0 Å². The number of ether oxygens (including phenoxy) is 3. The quantitative estimate of drug-likeness (QED) is 0.291. The highest BCUT2D eigenvalue weighted by molar-refractivity contribution is 9.10. The number of hydrazone groups is 1. The minimum absolute atomic E-state index is 0.0286. The first-order valence-electron chi connectivity index (χ1n) is 10.8. The lowest BCUT2D eigenvalue weighted by molar-refractivity contribution is -0.114. The number of thioether (sulfide) groups is 1. The van der Waals surface area contributed by atoms with Crippen LogP contribution in [0.5, 0.6) is 17.2 Å². The van der Waals surface area contributed by atoms with Crippen molar-refractivity contribution in [1.82, 2.24) is 5.01 Å². The monoisotopic (exact) mass is 576 g/mol. The van der Waals surface area contributed by atoms with Gasteiger partial charge in [-0.25, -0.2) is 0 Å². The highest BCUT2D eigenvalue weighted by Gasteiger charge is 2.35. The van der Waals surface area contributed by atoms with Crippen LogP contribution >= 0.6 is 39.3 Å². The van der Waals surface area contributed by atoms with E-state index in [4.69, 9.17) is 31.2 Å². The van der Waals surface area contributed by atoms with Crippen LogP contribution in [0.25, 0.3) is 6.08 Å². The van der Waals surface area contributed by atoms with E-state index in [1.54, 1.807) is 18.2 Å². The fraction of sp³-hybridized carbons (Fsp3) is 0.250. The number of fused-ring (bicyclic) bond motifs is 1. The molecule has 0 unspecified atom stereocenters. The number of hydrogen-bond acceptors (Lipinski definition) is 7. The molecule has 0 bridgehead atoms. The first-order valence-corrected chi connectivity index (χ1v) is 12.8. The highest BCUT2D eigenvalue weighted by Crippen LogP contribution is 2.38. The number of methoxy groups -OCH3 is 1. The minimum Gasteiger partial charge on any atom is -0.493 e. The van der Waals surface area contributed by atoms with Crippen LogP contribution in [0.3, 0.4) is 0 Å². The maximum absolute atomic E-state index is 12.6. The van der Waals surface area contributed by atoms with Crippen molar-refractivity contribution in [1.29, 1.82) is 5.41 Å². The van der Waals surface area contributed by atoms with Gasteiger partial charge in [-0.05, 0) is 72.6 Å². The van der Waals surface area contributed by atoms with Crippen LogP contribution in [0.15, 0.2) is 56.5 Å². The predicted molar refractivity (Wildman–Crippen MR) is 143 cm³/mol. The smallest absolute Gasteiger partial charge is 0.283 e. The van der Waals surface area contributed by atoms with Crippen LogP contribution in [0, 0.1) is 5.41 Å². The Hall–Kier alpha value is -2.82. The zero-order valence-electron chi connectivity index (χ0n) is 19.0. The topological polar surface area (TPSA) is 96.6 Å². The molecule has 182 valence electrons. The summed E-state index contributed by atoms with van der Waals surface area (Å²) >= 11 is 11.2. The van der Waals surface area contributed by atoms with Gasteiger partial charge in [0.15, 0.2) is 17.3 Å². The van der Waals surface area contributed by atoms with Crippen LogP contribution in [-0.2, 0) is 4.79 Å². The van der Waals surface area contributed by atoms with Gasteiger partial charge in [0.2, 0.25) is 5.17 Å². The number of halogens is 2. The lowest BCUT2D eigenvalue weighted by atomic mass is 10.1. The summed E-state index contributed by atoms with van der Waals surface area (Å²) in [5, 5.41) is 15.9. The Morgan fingerprint density at radius 3 is 2.66 bits per heavy atom. The van der Waals surface area contributed by atoms with Crippen molar-refractivity contribution in [2.75, 3.05) is 20.3 Å². The average Bonchev–Trinajstić information content (AvgIpc) is 3.24. The lowest BCUT2D eigenvalue weighted by Crippen LogP contribution is -2.35. The van der Waals surface area contributed by atoms with Crippen molar-refractivity contribution in [3.8, 4) is 17.2 Å². The number of amidine groups is 2. The second-order valence-electron chi connectivity index (χ2n) is 7.45. The molecule has 2 heterocycles. The molecule has 35 heavy (non-hydrogen) atoms. The van der Waals surface area contributed by atoms with Crippen LogP contribution in [-0.4, -0.2) is 47.3 Å². The highest BCUT2D eigenvalue weighted by atomic mass is 79.9. The summed E-state index contributed by atoms with van der Waals surface area (Å²) in [7, 11) is 1.50. The van der Waals surface area contributed by atoms with Gasteiger partial charge in [-0.15, -0.1) is 0 Å². The van der Waals surface area contributed by atoms with Gasteiger partial charge in [-0.2, -0.15) is 15.1 Å². The zero-order chi connectivity index (χ0) is 24.9. The van der Waals surface area contributed by atoms with Gasteiger partial charge in [0.1, 0.15) is 24.0 Å². The molecule has 8 nitrogen and oxygen atoms in total. The Morgan fingerprint density at radius 2 is 1.94 bits per heavy atom. The van der Waals surface area contributed by atoms with Crippen molar-refractivity contribution in [3.63, 3.8) is 0 Å². The second kappa shape index (κ2) is 11.3. The molecule has 0 saturated heterocycles. The largest absolute Gasteiger partial charge is 0.493 e. The van der Waals surface area contributed by atoms with E-state index >= 15 is 0 Å². The van der Waals surface area contributed by atoms with Gasteiger partial charge in [0.25, 0.3) is 5.91 Å². The average molecular weight is 578 g/mol. The van der Waals surface area contributed by atoms with Crippen molar-refractivity contribution in [3.05, 3.63) is 57.0 Å². The van der Waals surface area contributed by atoms with Crippen molar-refractivity contribution < 1.29 is 19.0 Å². The molecule has 2 aliphatic heterocycles. The Balaban J connectivity index is 1.48.